The minimum absolute atomic E-state index is 0.0641. The Morgan fingerprint density at radius 1 is 1.35 bits per heavy atom. The summed E-state index contributed by atoms with van der Waals surface area (Å²) in [5, 5.41) is 5.56. The van der Waals surface area contributed by atoms with Crippen molar-refractivity contribution in [2.45, 2.75) is 45.1 Å². The average molecular weight is 338 g/mol. The number of hydrogen-bond acceptors (Lipinski definition) is 4. The van der Waals surface area contributed by atoms with Crippen LogP contribution in [0.4, 0.5) is 5.69 Å². The molecule has 1 unspecified atom stereocenters. The molecule has 1 heterocycles. The van der Waals surface area contributed by atoms with E-state index in [1.165, 1.54) is 0 Å². The number of fused-ring (bicyclic) bond motifs is 1. The third-order valence-electron chi connectivity index (χ3n) is 4.11. The molecule has 0 saturated carbocycles. The molecule has 0 spiro atoms. The molecule has 2 N–H and O–H groups in total. The second-order valence-corrected chi connectivity index (χ2v) is 7.34. The van der Waals surface area contributed by atoms with Gasteiger partial charge in [-0.1, -0.05) is 13.3 Å². The lowest BCUT2D eigenvalue weighted by Crippen LogP contribution is -2.38. The van der Waals surface area contributed by atoms with Crippen molar-refractivity contribution in [3.05, 3.63) is 29.3 Å². The monoisotopic (exact) mass is 338 g/mol. The molecule has 6 nitrogen and oxygen atoms in total. The zero-order valence-electron chi connectivity index (χ0n) is 13.5. The van der Waals surface area contributed by atoms with Gasteiger partial charge in [0, 0.05) is 17.3 Å². The lowest BCUT2D eigenvalue weighted by Gasteiger charge is -2.18. The Morgan fingerprint density at radius 2 is 2.04 bits per heavy atom. The van der Waals surface area contributed by atoms with E-state index in [1.807, 2.05) is 6.92 Å². The van der Waals surface area contributed by atoms with Gasteiger partial charge in [0.25, 0.3) is 5.91 Å². The van der Waals surface area contributed by atoms with Crippen molar-refractivity contribution >= 4 is 28.2 Å². The van der Waals surface area contributed by atoms with Crippen molar-refractivity contribution < 1.29 is 18.0 Å². The Bertz CT molecular complexity index is 702. The fraction of sp³-hybridized carbons (Fsp3) is 0.500. The highest BCUT2D eigenvalue weighted by atomic mass is 32.2. The van der Waals surface area contributed by atoms with Gasteiger partial charge in [-0.05, 0) is 44.0 Å². The van der Waals surface area contributed by atoms with E-state index < -0.39 is 22.2 Å². The van der Waals surface area contributed by atoms with Gasteiger partial charge >= 0.3 is 0 Å². The van der Waals surface area contributed by atoms with Gasteiger partial charge in [-0.2, -0.15) is 0 Å². The molecule has 0 aromatic heterocycles. The lowest BCUT2D eigenvalue weighted by molar-refractivity contribution is -0.119. The first kappa shape index (κ1) is 17.5. The number of amides is 2. The maximum atomic E-state index is 12.4. The molecule has 1 aromatic rings. The molecule has 0 bridgehead atoms. The molecular formula is C16H22N2O4S. The van der Waals surface area contributed by atoms with Crippen LogP contribution in [0.15, 0.2) is 18.2 Å². The van der Waals surface area contributed by atoms with Gasteiger partial charge in [-0.25, -0.2) is 8.42 Å². The van der Waals surface area contributed by atoms with Crippen molar-refractivity contribution in [2.24, 2.45) is 0 Å². The number of hydrogen-bond donors (Lipinski definition) is 3. The fourth-order valence-electron chi connectivity index (χ4n) is 2.72. The first-order valence-electron chi connectivity index (χ1n) is 7.64. The summed E-state index contributed by atoms with van der Waals surface area (Å²) in [4.78, 5) is 24.3. The number of rotatable bonds is 6. The normalized spacial score (nSPS) is 16.8. The lowest BCUT2D eigenvalue weighted by atomic mass is 9.85. The Balaban J connectivity index is 2.21. The van der Waals surface area contributed by atoms with Crippen LogP contribution < -0.4 is 10.6 Å². The van der Waals surface area contributed by atoms with Gasteiger partial charge in [0.15, 0.2) is 0 Å². The van der Waals surface area contributed by atoms with Crippen LogP contribution in [0.1, 0.15) is 49.5 Å². The predicted octanol–water partition coefficient (Wildman–Crippen LogP) is 1.43. The van der Waals surface area contributed by atoms with Gasteiger partial charge in [-0.3, -0.25) is 9.59 Å². The summed E-state index contributed by atoms with van der Waals surface area (Å²) >= 11 is 0. The van der Waals surface area contributed by atoms with E-state index in [2.05, 4.69) is 10.6 Å². The number of carbonyl (C=O) groups excluding carboxylic acids is 2. The second-order valence-electron chi connectivity index (χ2n) is 6.31. The summed E-state index contributed by atoms with van der Waals surface area (Å²) in [6.07, 6.45) is 1.38. The van der Waals surface area contributed by atoms with Crippen molar-refractivity contribution in [2.75, 3.05) is 11.1 Å². The Hall–Kier alpha value is -1.89. The molecule has 1 aromatic carbocycles. The van der Waals surface area contributed by atoms with Gasteiger partial charge in [-0.15, -0.1) is 0 Å². The molecule has 23 heavy (non-hydrogen) atoms. The minimum Gasteiger partial charge on any atom is -0.348 e. The molecule has 1 aliphatic heterocycles. The molecular weight excluding hydrogens is 316 g/mol. The van der Waals surface area contributed by atoms with E-state index in [1.54, 1.807) is 32.0 Å². The predicted molar refractivity (Wildman–Crippen MR) is 89.4 cm³/mol. The summed E-state index contributed by atoms with van der Waals surface area (Å²) in [5.41, 5.74) is 1.23. The number of thiol groups is 1. The van der Waals surface area contributed by atoms with E-state index in [4.69, 9.17) is 0 Å². The number of benzene rings is 1. The first-order chi connectivity index (χ1) is 10.8. The van der Waals surface area contributed by atoms with Gasteiger partial charge in [0.05, 0.1) is 11.2 Å². The Kier molecular flexibility index (Phi) is 5.09. The van der Waals surface area contributed by atoms with Crippen molar-refractivity contribution in [3.8, 4) is 0 Å². The van der Waals surface area contributed by atoms with Gasteiger partial charge in [0.1, 0.15) is 10.7 Å². The van der Waals surface area contributed by atoms with Gasteiger partial charge in [0.2, 0.25) is 5.91 Å². The molecule has 0 aliphatic carbocycles. The molecule has 0 radical (unpaired) electrons. The minimum atomic E-state index is -2.55. The van der Waals surface area contributed by atoms with Crippen LogP contribution in [0.25, 0.3) is 0 Å². The van der Waals surface area contributed by atoms with E-state index in [0.717, 1.165) is 12.0 Å². The maximum Gasteiger partial charge on any atom is 0.251 e. The molecule has 1 atom stereocenters. The summed E-state index contributed by atoms with van der Waals surface area (Å²) < 4.78 is 21.8. The van der Waals surface area contributed by atoms with Crippen molar-refractivity contribution in [1.29, 1.82) is 0 Å². The quantitative estimate of drug-likeness (QED) is 0.684. The summed E-state index contributed by atoms with van der Waals surface area (Å²) in [5.74, 6) is -0.485. The molecule has 7 heteroatoms. The number of carbonyl (C=O) groups is 2. The first-order valence-corrected chi connectivity index (χ1v) is 9.00. The largest absolute Gasteiger partial charge is 0.348 e. The molecule has 2 amide bonds. The summed E-state index contributed by atoms with van der Waals surface area (Å²) in [6.45, 7) is 5.54. The Labute approximate surface area is 137 Å². The maximum absolute atomic E-state index is 12.4. The smallest absolute Gasteiger partial charge is 0.251 e. The van der Waals surface area contributed by atoms with Crippen LogP contribution in [-0.4, -0.2) is 32.0 Å². The molecule has 2 rings (SSSR count). The Morgan fingerprint density at radius 3 is 2.65 bits per heavy atom. The zero-order valence-corrected chi connectivity index (χ0v) is 14.4. The standard InChI is InChI=1S/C16H22N2O4S/c1-4-5-11(9-23(21)22)17-14(19)10-6-7-13-12(8-10)16(2,3)15(20)18-13/h6-8,11,23H,4-5,9H2,1-3H3,(H,17,19)(H,18,20). The number of nitrogens with one attached hydrogen (secondary N) is 2. The van der Waals surface area contributed by atoms with Crippen LogP contribution in [-0.2, 0) is 20.9 Å². The third kappa shape index (κ3) is 3.72. The molecule has 126 valence electrons. The number of anilines is 1. The van der Waals surface area contributed by atoms with Crippen LogP contribution in [0.5, 0.6) is 0 Å². The second kappa shape index (κ2) is 6.70. The highest BCUT2D eigenvalue weighted by Crippen LogP contribution is 2.37. The van der Waals surface area contributed by atoms with Crippen molar-refractivity contribution in [3.63, 3.8) is 0 Å². The van der Waals surface area contributed by atoms with E-state index in [0.29, 0.717) is 17.7 Å². The SMILES string of the molecule is CCCC(C[SH](=O)=O)NC(=O)c1ccc2c(c1)C(C)(C)C(=O)N2. The molecule has 1 aliphatic rings. The van der Waals surface area contributed by atoms with Crippen LogP contribution in [0.3, 0.4) is 0 Å². The third-order valence-corrected chi connectivity index (χ3v) is 4.85. The van der Waals surface area contributed by atoms with Crippen LogP contribution in [0.2, 0.25) is 0 Å². The topological polar surface area (TPSA) is 92.3 Å². The van der Waals surface area contributed by atoms with Crippen LogP contribution in [0, 0.1) is 0 Å². The van der Waals surface area contributed by atoms with Crippen molar-refractivity contribution in [1.82, 2.24) is 5.32 Å². The molecule has 0 saturated heterocycles. The fourth-order valence-corrected chi connectivity index (χ4v) is 3.35. The zero-order chi connectivity index (χ0) is 17.2. The average Bonchev–Trinajstić information content (AvgIpc) is 2.68. The van der Waals surface area contributed by atoms with E-state index >= 15 is 0 Å². The summed E-state index contributed by atoms with van der Waals surface area (Å²) in [6, 6.07) is 4.65. The molecule has 0 fully saturated rings. The van der Waals surface area contributed by atoms with Gasteiger partial charge < -0.3 is 10.6 Å². The highest BCUT2D eigenvalue weighted by Gasteiger charge is 2.38. The van der Waals surface area contributed by atoms with Crippen LogP contribution >= 0.6 is 0 Å². The van der Waals surface area contributed by atoms with E-state index in [-0.39, 0.29) is 17.6 Å². The van der Waals surface area contributed by atoms with E-state index in [9.17, 15) is 18.0 Å². The highest BCUT2D eigenvalue weighted by molar-refractivity contribution is 7.72. The summed E-state index contributed by atoms with van der Waals surface area (Å²) in [7, 11) is -2.55.